The first-order valence-corrected chi connectivity index (χ1v) is 8.72. The van der Waals surface area contributed by atoms with Gasteiger partial charge in [0.1, 0.15) is 18.0 Å². The van der Waals surface area contributed by atoms with Crippen LogP contribution in [0.15, 0.2) is 36.5 Å². The summed E-state index contributed by atoms with van der Waals surface area (Å²) in [6, 6.07) is 8.20. The minimum atomic E-state index is -1.07. The lowest BCUT2D eigenvalue weighted by Gasteiger charge is -2.15. The van der Waals surface area contributed by atoms with Crippen LogP contribution in [0.25, 0.3) is 0 Å². The van der Waals surface area contributed by atoms with Gasteiger partial charge in [-0.15, -0.1) is 0 Å². The van der Waals surface area contributed by atoms with Gasteiger partial charge in [0.15, 0.2) is 6.10 Å². The zero-order valence-corrected chi connectivity index (χ0v) is 16.4. The molecule has 0 saturated carbocycles. The van der Waals surface area contributed by atoms with Crippen LogP contribution < -0.4 is 15.4 Å². The summed E-state index contributed by atoms with van der Waals surface area (Å²) >= 11 is 5.79. The number of ether oxygens (including phenoxy) is 2. The smallest absolute Gasteiger partial charge is 0.326 e. The molecule has 0 unspecified atom stereocenters. The molecular weight excluding hydrogens is 386 g/mol. The molecule has 1 aromatic heterocycles. The van der Waals surface area contributed by atoms with Gasteiger partial charge < -0.3 is 20.1 Å². The predicted octanol–water partition coefficient (Wildman–Crippen LogP) is 2.35. The Morgan fingerprint density at radius 3 is 2.64 bits per heavy atom. The lowest BCUT2D eigenvalue weighted by Crippen LogP contribution is -2.36. The molecule has 0 spiro atoms. The zero-order valence-electron chi connectivity index (χ0n) is 15.6. The highest BCUT2D eigenvalue weighted by Gasteiger charge is 2.20. The van der Waals surface area contributed by atoms with Gasteiger partial charge in [-0.3, -0.25) is 19.4 Å². The number of rotatable bonds is 7. The number of anilines is 1. The Labute approximate surface area is 167 Å². The van der Waals surface area contributed by atoms with E-state index in [0.717, 1.165) is 5.56 Å². The molecule has 1 atom stereocenters. The molecule has 0 radical (unpaired) electrons. The lowest BCUT2D eigenvalue weighted by atomic mass is 10.2. The van der Waals surface area contributed by atoms with E-state index in [9.17, 15) is 14.4 Å². The van der Waals surface area contributed by atoms with Crippen molar-refractivity contribution >= 4 is 35.1 Å². The van der Waals surface area contributed by atoms with Gasteiger partial charge in [-0.1, -0.05) is 17.7 Å². The topological polar surface area (TPSA) is 107 Å². The summed E-state index contributed by atoms with van der Waals surface area (Å²) in [7, 11) is 1.49. The van der Waals surface area contributed by atoms with E-state index in [4.69, 9.17) is 21.1 Å². The molecule has 1 heterocycles. The van der Waals surface area contributed by atoms with E-state index in [1.54, 1.807) is 12.1 Å². The maximum atomic E-state index is 12.3. The fourth-order valence-corrected chi connectivity index (χ4v) is 2.38. The van der Waals surface area contributed by atoms with E-state index in [1.165, 1.54) is 32.4 Å². The molecule has 0 aliphatic carbocycles. The minimum Gasteiger partial charge on any atom is -0.495 e. The highest BCUT2D eigenvalue weighted by molar-refractivity contribution is 6.30. The van der Waals surface area contributed by atoms with Crippen molar-refractivity contribution in [1.82, 2.24) is 10.3 Å². The Hall–Kier alpha value is -3.13. The average molecular weight is 406 g/mol. The fourth-order valence-electron chi connectivity index (χ4n) is 2.22. The molecule has 2 amide bonds. The number of nitrogens with one attached hydrogen (secondary N) is 2. The van der Waals surface area contributed by atoms with Crippen LogP contribution in [0, 0.1) is 6.92 Å². The van der Waals surface area contributed by atoms with Gasteiger partial charge in [0.2, 0.25) is 0 Å². The molecule has 28 heavy (non-hydrogen) atoms. The molecule has 8 nitrogen and oxygen atoms in total. The van der Waals surface area contributed by atoms with Crippen molar-refractivity contribution in [3.05, 3.63) is 52.8 Å². The molecule has 9 heteroatoms. The number of pyridine rings is 1. The first kappa shape index (κ1) is 21.2. The monoisotopic (exact) mass is 405 g/mol. The Bertz CT molecular complexity index is 888. The van der Waals surface area contributed by atoms with E-state index in [0.29, 0.717) is 16.5 Å². The van der Waals surface area contributed by atoms with Crippen LogP contribution in [0.2, 0.25) is 5.02 Å². The standard InChI is InChI=1S/C19H20ClN3O5/c1-11-4-5-16(27-3)14(8-11)23-18(25)12(2)28-17(24)10-22-19(26)15-9-13(20)6-7-21-15/h4-9,12H,10H2,1-3H3,(H,22,26)(H,23,25)/t12-/m0/s1. The molecule has 0 aliphatic rings. The van der Waals surface area contributed by atoms with Gasteiger partial charge in [0.25, 0.3) is 11.8 Å². The maximum absolute atomic E-state index is 12.3. The van der Waals surface area contributed by atoms with Crippen molar-refractivity contribution < 1.29 is 23.9 Å². The normalized spacial score (nSPS) is 11.3. The number of halogens is 1. The zero-order chi connectivity index (χ0) is 20.7. The SMILES string of the molecule is COc1ccc(C)cc1NC(=O)[C@H](C)OC(=O)CNC(=O)c1cc(Cl)ccn1. The van der Waals surface area contributed by atoms with Crippen molar-refractivity contribution in [2.45, 2.75) is 20.0 Å². The average Bonchev–Trinajstić information content (AvgIpc) is 2.66. The molecule has 0 aliphatic heterocycles. The molecule has 0 bridgehead atoms. The number of benzene rings is 1. The van der Waals surface area contributed by atoms with Crippen molar-refractivity contribution in [2.24, 2.45) is 0 Å². The van der Waals surface area contributed by atoms with Gasteiger partial charge in [0, 0.05) is 11.2 Å². The quantitative estimate of drug-likeness (QED) is 0.685. The largest absolute Gasteiger partial charge is 0.495 e. The molecule has 0 fully saturated rings. The van der Waals surface area contributed by atoms with Crippen molar-refractivity contribution in [1.29, 1.82) is 0 Å². The first-order chi connectivity index (χ1) is 13.3. The third kappa shape index (κ3) is 5.95. The predicted molar refractivity (Wildman–Crippen MR) is 103 cm³/mol. The van der Waals surface area contributed by atoms with Crippen LogP contribution in [0.4, 0.5) is 5.69 Å². The van der Waals surface area contributed by atoms with Crippen LogP contribution >= 0.6 is 11.6 Å². The van der Waals surface area contributed by atoms with Crippen LogP contribution in [0.5, 0.6) is 5.75 Å². The van der Waals surface area contributed by atoms with Crippen LogP contribution in [-0.4, -0.2) is 42.5 Å². The van der Waals surface area contributed by atoms with Crippen molar-refractivity contribution in [2.75, 3.05) is 19.0 Å². The second-order valence-corrected chi connectivity index (χ2v) is 6.30. The number of nitrogens with zero attached hydrogens (tertiary/aromatic N) is 1. The number of amides is 2. The minimum absolute atomic E-state index is 0.0673. The summed E-state index contributed by atoms with van der Waals surface area (Å²) in [6.45, 7) is 2.88. The van der Waals surface area contributed by atoms with Crippen LogP contribution in [0.1, 0.15) is 23.0 Å². The van der Waals surface area contributed by atoms with E-state index < -0.39 is 30.4 Å². The summed E-state index contributed by atoms with van der Waals surface area (Å²) in [4.78, 5) is 40.0. The molecule has 2 N–H and O–H groups in total. The lowest BCUT2D eigenvalue weighted by molar-refractivity contribution is -0.152. The van der Waals surface area contributed by atoms with E-state index in [2.05, 4.69) is 15.6 Å². The second-order valence-electron chi connectivity index (χ2n) is 5.87. The van der Waals surface area contributed by atoms with Crippen molar-refractivity contribution in [3.63, 3.8) is 0 Å². The summed E-state index contributed by atoms with van der Waals surface area (Å²) in [6.07, 6.45) is 0.306. The molecule has 148 valence electrons. The number of esters is 1. The Kier molecular flexibility index (Phi) is 7.34. The summed E-state index contributed by atoms with van der Waals surface area (Å²) < 4.78 is 10.2. The van der Waals surface area contributed by atoms with Gasteiger partial charge in [-0.2, -0.15) is 0 Å². The van der Waals surface area contributed by atoms with E-state index >= 15 is 0 Å². The third-order valence-corrected chi connectivity index (χ3v) is 3.87. The summed E-state index contributed by atoms with van der Waals surface area (Å²) in [5.41, 5.74) is 1.46. The number of hydrogen-bond donors (Lipinski definition) is 2. The summed E-state index contributed by atoms with van der Waals surface area (Å²) in [5.74, 6) is -1.39. The van der Waals surface area contributed by atoms with Gasteiger partial charge in [0.05, 0.1) is 12.8 Å². The first-order valence-electron chi connectivity index (χ1n) is 8.35. The molecule has 2 aromatic rings. The van der Waals surface area contributed by atoms with E-state index in [-0.39, 0.29) is 5.69 Å². The Balaban J connectivity index is 1.87. The number of aryl methyl sites for hydroxylation is 1. The highest BCUT2D eigenvalue weighted by atomic mass is 35.5. The Morgan fingerprint density at radius 2 is 1.96 bits per heavy atom. The van der Waals surface area contributed by atoms with E-state index in [1.807, 2.05) is 13.0 Å². The second kappa shape index (κ2) is 9.70. The van der Waals surface area contributed by atoms with Crippen LogP contribution in [-0.2, 0) is 14.3 Å². The number of aromatic nitrogens is 1. The van der Waals surface area contributed by atoms with Gasteiger partial charge in [-0.25, -0.2) is 0 Å². The fraction of sp³-hybridized carbons (Fsp3) is 0.263. The third-order valence-electron chi connectivity index (χ3n) is 3.64. The number of methoxy groups -OCH3 is 1. The molecule has 2 rings (SSSR count). The maximum Gasteiger partial charge on any atom is 0.326 e. The molecule has 1 aromatic carbocycles. The Morgan fingerprint density at radius 1 is 1.21 bits per heavy atom. The van der Waals surface area contributed by atoms with Crippen LogP contribution in [0.3, 0.4) is 0 Å². The molecular formula is C19H20ClN3O5. The van der Waals surface area contributed by atoms with Gasteiger partial charge >= 0.3 is 5.97 Å². The number of carbonyl (C=O) groups is 3. The number of hydrogen-bond acceptors (Lipinski definition) is 6. The van der Waals surface area contributed by atoms with Gasteiger partial charge in [-0.05, 0) is 43.7 Å². The highest BCUT2D eigenvalue weighted by Crippen LogP contribution is 2.25. The molecule has 0 saturated heterocycles. The summed E-state index contributed by atoms with van der Waals surface area (Å²) in [5, 5.41) is 5.36. The number of carbonyl (C=O) groups excluding carboxylic acids is 3. The van der Waals surface area contributed by atoms with Crippen molar-refractivity contribution in [3.8, 4) is 5.75 Å².